The molecule has 0 aliphatic rings. The van der Waals surface area contributed by atoms with Gasteiger partial charge in [0.1, 0.15) is 6.10 Å². The maximum atomic E-state index is 5.81. The van der Waals surface area contributed by atoms with Gasteiger partial charge in [-0.25, -0.2) is 0 Å². The Morgan fingerprint density at radius 2 is 1.71 bits per heavy atom. The van der Waals surface area contributed by atoms with Crippen molar-refractivity contribution in [2.75, 3.05) is 27.2 Å². The molecule has 0 rings (SSSR count). The van der Waals surface area contributed by atoms with Crippen LogP contribution in [0.5, 0.6) is 0 Å². The van der Waals surface area contributed by atoms with E-state index in [2.05, 4.69) is 13.8 Å². The van der Waals surface area contributed by atoms with Crippen LogP contribution < -0.4 is 0 Å². The fraction of sp³-hybridized carbons (Fsp3) is 1.00. The van der Waals surface area contributed by atoms with Crippen LogP contribution in [0, 0.1) is 5.92 Å². The van der Waals surface area contributed by atoms with Crippen molar-refractivity contribution in [3.8, 4) is 0 Å². The minimum absolute atomic E-state index is 0.384. The van der Waals surface area contributed by atoms with Crippen molar-refractivity contribution in [1.82, 2.24) is 4.90 Å². The lowest BCUT2D eigenvalue weighted by Crippen LogP contribution is -2.39. The molecule has 0 aromatic carbocycles. The summed E-state index contributed by atoms with van der Waals surface area (Å²) in [5.41, 5.74) is 0. The van der Waals surface area contributed by atoms with E-state index in [0.29, 0.717) is 19.1 Å². The molecule has 0 spiro atoms. The highest BCUT2D eigenvalue weighted by atomic mass is 35.6. The van der Waals surface area contributed by atoms with Crippen LogP contribution in [0.1, 0.15) is 13.8 Å². The molecule has 5 heteroatoms. The van der Waals surface area contributed by atoms with Gasteiger partial charge in [0.25, 0.3) is 0 Å². The molecule has 0 aliphatic heterocycles. The summed E-state index contributed by atoms with van der Waals surface area (Å²) >= 11 is 17.4. The summed E-state index contributed by atoms with van der Waals surface area (Å²) < 4.78 is 4.18. The zero-order chi connectivity index (χ0) is 11.4. The minimum atomic E-state index is -1.36. The SMILES string of the molecule is CC(C)CO[C@H](CN(C)C)C(Cl)(Cl)Cl. The summed E-state index contributed by atoms with van der Waals surface area (Å²) in [6, 6.07) is 0. The summed E-state index contributed by atoms with van der Waals surface area (Å²) in [6.07, 6.45) is -0.384. The highest BCUT2D eigenvalue weighted by Gasteiger charge is 2.33. The Kier molecular flexibility index (Phi) is 6.75. The third-order valence-electron chi connectivity index (χ3n) is 1.53. The second-order valence-corrected chi connectivity index (χ2v) is 6.39. The third-order valence-corrected chi connectivity index (χ3v) is 2.26. The van der Waals surface area contributed by atoms with Gasteiger partial charge < -0.3 is 9.64 Å². The van der Waals surface area contributed by atoms with E-state index in [1.807, 2.05) is 19.0 Å². The molecule has 86 valence electrons. The molecule has 0 amide bonds. The summed E-state index contributed by atoms with van der Waals surface area (Å²) in [5.74, 6) is 0.437. The molecule has 14 heavy (non-hydrogen) atoms. The summed E-state index contributed by atoms with van der Waals surface area (Å²) in [4.78, 5) is 1.94. The van der Waals surface area contributed by atoms with E-state index in [-0.39, 0.29) is 6.10 Å². The van der Waals surface area contributed by atoms with Gasteiger partial charge in [0.2, 0.25) is 3.79 Å². The number of halogens is 3. The fourth-order valence-electron chi connectivity index (χ4n) is 0.891. The first-order chi connectivity index (χ1) is 6.23. The van der Waals surface area contributed by atoms with Crippen LogP contribution in [0.15, 0.2) is 0 Å². The normalized spacial score (nSPS) is 15.2. The highest BCUT2D eigenvalue weighted by Crippen LogP contribution is 2.32. The van der Waals surface area contributed by atoms with Crippen LogP contribution in [0.2, 0.25) is 0 Å². The number of hydrogen-bond acceptors (Lipinski definition) is 2. The average Bonchev–Trinajstić information content (AvgIpc) is 1.94. The highest BCUT2D eigenvalue weighted by molar-refractivity contribution is 6.68. The van der Waals surface area contributed by atoms with Crippen molar-refractivity contribution in [1.29, 1.82) is 0 Å². The van der Waals surface area contributed by atoms with E-state index in [1.165, 1.54) is 0 Å². The van der Waals surface area contributed by atoms with Crippen LogP contribution in [0.4, 0.5) is 0 Å². The van der Waals surface area contributed by atoms with Gasteiger partial charge in [-0.05, 0) is 20.0 Å². The number of likely N-dealkylation sites (N-methyl/N-ethyl adjacent to an activating group) is 1. The molecule has 0 fully saturated rings. The lowest BCUT2D eigenvalue weighted by atomic mass is 10.2. The third kappa shape index (κ3) is 7.13. The van der Waals surface area contributed by atoms with Crippen molar-refractivity contribution >= 4 is 34.8 Å². The minimum Gasteiger partial charge on any atom is -0.372 e. The molecule has 0 heterocycles. The van der Waals surface area contributed by atoms with E-state index < -0.39 is 3.79 Å². The van der Waals surface area contributed by atoms with E-state index in [0.717, 1.165) is 0 Å². The average molecular weight is 263 g/mol. The molecule has 0 saturated carbocycles. The molecule has 0 N–H and O–H groups in total. The Morgan fingerprint density at radius 3 is 2.00 bits per heavy atom. The number of rotatable bonds is 5. The van der Waals surface area contributed by atoms with Gasteiger partial charge in [-0.1, -0.05) is 48.7 Å². The molecule has 0 saturated heterocycles. The number of ether oxygens (including phenoxy) is 1. The van der Waals surface area contributed by atoms with Crippen LogP contribution in [0.25, 0.3) is 0 Å². The van der Waals surface area contributed by atoms with Crippen LogP contribution in [-0.2, 0) is 4.74 Å². The monoisotopic (exact) mass is 261 g/mol. The standard InChI is InChI=1S/C9H18Cl3NO/c1-7(2)6-14-8(5-13(3)4)9(10,11)12/h7-8H,5-6H2,1-4H3/t8-/m1/s1. The van der Waals surface area contributed by atoms with E-state index in [4.69, 9.17) is 39.5 Å². The molecule has 0 bridgehead atoms. The number of alkyl halides is 3. The Labute approximate surface area is 101 Å². The van der Waals surface area contributed by atoms with Crippen molar-refractivity contribution in [2.45, 2.75) is 23.7 Å². The molecule has 1 atom stereocenters. The Morgan fingerprint density at radius 1 is 1.21 bits per heavy atom. The van der Waals surface area contributed by atoms with Gasteiger partial charge in [-0.2, -0.15) is 0 Å². The Hall–Kier alpha value is 0.790. The van der Waals surface area contributed by atoms with Gasteiger partial charge in [-0.15, -0.1) is 0 Å². The van der Waals surface area contributed by atoms with E-state index in [1.54, 1.807) is 0 Å². The van der Waals surface area contributed by atoms with Gasteiger partial charge in [0, 0.05) is 13.2 Å². The second kappa shape index (κ2) is 6.39. The lowest BCUT2D eigenvalue weighted by Gasteiger charge is -2.28. The molecular weight excluding hydrogens is 244 g/mol. The van der Waals surface area contributed by atoms with Crippen molar-refractivity contribution in [3.63, 3.8) is 0 Å². The van der Waals surface area contributed by atoms with Crippen molar-refractivity contribution in [2.24, 2.45) is 5.92 Å². The smallest absolute Gasteiger partial charge is 0.217 e. The van der Waals surface area contributed by atoms with Gasteiger partial charge in [-0.3, -0.25) is 0 Å². The second-order valence-electron chi connectivity index (χ2n) is 4.02. The lowest BCUT2D eigenvalue weighted by molar-refractivity contribution is 0.0232. The summed E-state index contributed by atoms with van der Waals surface area (Å²) in [5, 5.41) is 0. The largest absolute Gasteiger partial charge is 0.372 e. The molecule has 0 aromatic heterocycles. The molecule has 0 radical (unpaired) electrons. The number of nitrogens with zero attached hydrogens (tertiary/aromatic N) is 1. The topological polar surface area (TPSA) is 12.5 Å². The van der Waals surface area contributed by atoms with Gasteiger partial charge in [0.05, 0.1) is 0 Å². The van der Waals surface area contributed by atoms with E-state index in [9.17, 15) is 0 Å². The maximum absolute atomic E-state index is 5.81. The van der Waals surface area contributed by atoms with Gasteiger partial charge >= 0.3 is 0 Å². The zero-order valence-corrected chi connectivity index (χ0v) is 11.3. The summed E-state index contributed by atoms with van der Waals surface area (Å²) in [6.45, 7) is 5.33. The molecule has 2 nitrogen and oxygen atoms in total. The van der Waals surface area contributed by atoms with Crippen LogP contribution >= 0.6 is 34.8 Å². The molecular formula is C9H18Cl3NO. The first-order valence-corrected chi connectivity index (χ1v) is 5.70. The van der Waals surface area contributed by atoms with Crippen molar-refractivity contribution in [3.05, 3.63) is 0 Å². The quantitative estimate of drug-likeness (QED) is 0.707. The Bertz CT molecular complexity index is 157. The maximum Gasteiger partial charge on any atom is 0.217 e. The first kappa shape index (κ1) is 14.8. The predicted molar refractivity (Wildman–Crippen MR) is 63.4 cm³/mol. The van der Waals surface area contributed by atoms with E-state index >= 15 is 0 Å². The zero-order valence-electron chi connectivity index (χ0n) is 9.06. The first-order valence-electron chi connectivity index (χ1n) is 4.56. The molecule has 0 aliphatic carbocycles. The number of hydrogen-bond donors (Lipinski definition) is 0. The van der Waals surface area contributed by atoms with Gasteiger partial charge in [0.15, 0.2) is 0 Å². The Balaban J connectivity index is 4.12. The molecule has 0 unspecified atom stereocenters. The molecule has 0 aromatic rings. The van der Waals surface area contributed by atoms with Crippen LogP contribution in [-0.4, -0.2) is 42.0 Å². The predicted octanol–water partition coefficient (Wildman–Crippen LogP) is 2.96. The van der Waals surface area contributed by atoms with Crippen LogP contribution in [0.3, 0.4) is 0 Å². The van der Waals surface area contributed by atoms with Crippen molar-refractivity contribution < 1.29 is 4.74 Å². The summed E-state index contributed by atoms with van der Waals surface area (Å²) in [7, 11) is 3.84. The fourth-order valence-corrected chi connectivity index (χ4v) is 1.29.